The van der Waals surface area contributed by atoms with Crippen molar-refractivity contribution in [3.8, 4) is 5.69 Å². The minimum absolute atomic E-state index is 0.0169. The van der Waals surface area contributed by atoms with Gasteiger partial charge in [0.1, 0.15) is 5.82 Å². The highest BCUT2D eigenvalue weighted by Crippen LogP contribution is 2.28. The van der Waals surface area contributed by atoms with E-state index < -0.39 is 0 Å². The van der Waals surface area contributed by atoms with Crippen molar-refractivity contribution in [1.82, 2.24) is 24.6 Å². The standard InChI is InChI=1S/C25H32FN5OS/c1-18(29(5)6)23-27-28-24(31(23)21-14-12-20(26)13-15-21)33-17-22(32)30(25(2,3)4)16-19-10-8-7-9-11-19/h7-15,18H,16-17H2,1-6H3/t18-/m0/s1. The van der Waals surface area contributed by atoms with E-state index in [9.17, 15) is 9.18 Å². The molecule has 0 unspecified atom stereocenters. The van der Waals surface area contributed by atoms with Crippen LogP contribution in [0.4, 0.5) is 4.39 Å². The lowest BCUT2D eigenvalue weighted by Gasteiger charge is -2.36. The third kappa shape index (κ3) is 6.21. The van der Waals surface area contributed by atoms with Crippen molar-refractivity contribution in [3.05, 3.63) is 71.8 Å². The van der Waals surface area contributed by atoms with Gasteiger partial charge in [0.15, 0.2) is 11.0 Å². The van der Waals surface area contributed by atoms with Crippen LogP contribution in [0.5, 0.6) is 0 Å². The van der Waals surface area contributed by atoms with Crippen LogP contribution in [0.1, 0.15) is 45.1 Å². The zero-order valence-corrected chi connectivity index (χ0v) is 20.9. The van der Waals surface area contributed by atoms with Gasteiger partial charge in [-0.25, -0.2) is 4.39 Å². The molecular formula is C25H32FN5OS. The fourth-order valence-electron chi connectivity index (χ4n) is 3.38. The van der Waals surface area contributed by atoms with E-state index in [1.54, 1.807) is 12.1 Å². The summed E-state index contributed by atoms with van der Waals surface area (Å²) >= 11 is 1.35. The van der Waals surface area contributed by atoms with Crippen molar-refractivity contribution in [2.24, 2.45) is 0 Å². The van der Waals surface area contributed by atoms with Crippen molar-refractivity contribution in [3.63, 3.8) is 0 Å². The fourth-order valence-corrected chi connectivity index (χ4v) is 4.21. The Kier molecular flexibility index (Phi) is 7.92. The summed E-state index contributed by atoms with van der Waals surface area (Å²) in [4.78, 5) is 17.2. The first-order valence-corrected chi connectivity index (χ1v) is 11.9. The number of halogens is 1. The molecule has 0 N–H and O–H groups in total. The van der Waals surface area contributed by atoms with Gasteiger partial charge < -0.3 is 4.90 Å². The number of amides is 1. The average molecular weight is 470 g/mol. The zero-order chi connectivity index (χ0) is 24.2. The Morgan fingerprint density at radius 2 is 1.70 bits per heavy atom. The van der Waals surface area contributed by atoms with Crippen LogP contribution in [0.2, 0.25) is 0 Å². The van der Waals surface area contributed by atoms with E-state index in [2.05, 4.69) is 10.2 Å². The number of benzene rings is 2. The molecule has 1 amide bonds. The number of hydrogen-bond donors (Lipinski definition) is 0. The van der Waals surface area contributed by atoms with Crippen LogP contribution in [0.15, 0.2) is 59.8 Å². The Morgan fingerprint density at radius 3 is 2.27 bits per heavy atom. The molecule has 0 fully saturated rings. The Morgan fingerprint density at radius 1 is 1.06 bits per heavy atom. The summed E-state index contributed by atoms with van der Waals surface area (Å²) in [6.45, 7) is 8.69. The van der Waals surface area contributed by atoms with Crippen molar-refractivity contribution >= 4 is 17.7 Å². The lowest BCUT2D eigenvalue weighted by atomic mass is 10.0. The Bertz CT molecular complexity index is 1060. The molecule has 0 spiro atoms. The van der Waals surface area contributed by atoms with Crippen molar-refractivity contribution in [2.75, 3.05) is 19.8 Å². The first-order chi connectivity index (χ1) is 15.6. The number of carbonyl (C=O) groups is 1. The monoisotopic (exact) mass is 469 g/mol. The normalized spacial score (nSPS) is 12.7. The maximum Gasteiger partial charge on any atom is 0.233 e. The lowest BCUT2D eigenvalue weighted by molar-refractivity contribution is -0.133. The van der Waals surface area contributed by atoms with E-state index in [1.807, 2.05) is 86.5 Å². The molecule has 0 saturated heterocycles. The maximum absolute atomic E-state index is 13.5. The molecule has 2 aromatic carbocycles. The minimum Gasteiger partial charge on any atom is -0.333 e. The lowest BCUT2D eigenvalue weighted by Crippen LogP contribution is -2.45. The second-order valence-electron chi connectivity index (χ2n) is 9.22. The van der Waals surface area contributed by atoms with Gasteiger partial charge in [0.25, 0.3) is 0 Å². The summed E-state index contributed by atoms with van der Waals surface area (Å²) in [5.41, 5.74) is 1.52. The SMILES string of the molecule is C[C@@H](c1nnc(SCC(=O)N(Cc2ccccc2)C(C)(C)C)n1-c1ccc(F)cc1)N(C)C. The predicted molar refractivity (Wildman–Crippen MR) is 131 cm³/mol. The molecule has 0 aliphatic heterocycles. The molecule has 0 saturated carbocycles. The van der Waals surface area contributed by atoms with Crippen LogP contribution < -0.4 is 0 Å². The number of rotatable bonds is 8. The topological polar surface area (TPSA) is 54.3 Å². The molecule has 8 heteroatoms. The van der Waals surface area contributed by atoms with E-state index in [0.717, 1.165) is 17.1 Å². The minimum atomic E-state index is -0.331. The Hall–Kier alpha value is -2.71. The summed E-state index contributed by atoms with van der Waals surface area (Å²) in [7, 11) is 3.94. The van der Waals surface area contributed by atoms with Crippen LogP contribution in [-0.4, -0.2) is 55.9 Å². The van der Waals surface area contributed by atoms with Gasteiger partial charge in [-0.3, -0.25) is 14.3 Å². The summed E-state index contributed by atoms with van der Waals surface area (Å²) in [6, 6.07) is 16.2. The highest BCUT2D eigenvalue weighted by atomic mass is 32.2. The van der Waals surface area contributed by atoms with Crippen LogP contribution in [0, 0.1) is 5.82 Å². The summed E-state index contributed by atoms with van der Waals surface area (Å²) < 4.78 is 15.4. The molecule has 1 aromatic heterocycles. The first kappa shape index (κ1) is 24.9. The number of nitrogens with zero attached hydrogens (tertiary/aromatic N) is 5. The predicted octanol–water partition coefficient (Wildman–Crippen LogP) is 4.95. The van der Waals surface area contributed by atoms with E-state index in [-0.39, 0.29) is 29.1 Å². The molecule has 0 radical (unpaired) electrons. The molecule has 3 rings (SSSR count). The highest BCUT2D eigenvalue weighted by molar-refractivity contribution is 7.99. The second kappa shape index (κ2) is 10.5. The van der Waals surface area contributed by atoms with Crippen molar-refractivity contribution in [1.29, 1.82) is 0 Å². The van der Waals surface area contributed by atoms with Crippen molar-refractivity contribution < 1.29 is 9.18 Å². The summed E-state index contributed by atoms with van der Waals surface area (Å²) in [5, 5.41) is 9.39. The average Bonchev–Trinajstić information content (AvgIpc) is 3.19. The van der Waals surface area contributed by atoms with Gasteiger partial charge >= 0.3 is 0 Å². The number of thioether (sulfide) groups is 1. The highest BCUT2D eigenvalue weighted by Gasteiger charge is 2.28. The van der Waals surface area contributed by atoms with Gasteiger partial charge in [0.2, 0.25) is 5.91 Å². The van der Waals surface area contributed by atoms with Gasteiger partial charge in [-0.1, -0.05) is 42.1 Å². The molecule has 0 aliphatic carbocycles. The Balaban J connectivity index is 1.86. The molecule has 176 valence electrons. The Labute approximate surface area is 199 Å². The zero-order valence-electron chi connectivity index (χ0n) is 20.1. The summed E-state index contributed by atoms with van der Waals surface area (Å²) in [6.07, 6.45) is 0. The molecule has 6 nitrogen and oxygen atoms in total. The molecule has 33 heavy (non-hydrogen) atoms. The smallest absolute Gasteiger partial charge is 0.233 e. The van der Waals surface area contributed by atoms with E-state index in [0.29, 0.717) is 11.7 Å². The largest absolute Gasteiger partial charge is 0.333 e. The number of aromatic nitrogens is 3. The first-order valence-electron chi connectivity index (χ1n) is 10.9. The molecule has 0 bridgehead atoms. The second-order valence-corrected chi connectivity index (χ2v) is 10.2. The van der Waals surface area contributed by atoms with Crippen LogP contribution in [-0.2, 0) is 11.3 Å². The van der Waals surface area contributed by atoms with E-state index in [1.165, 1.54) is 23.9 Å². The van der Waals surface area contributed by atoms with Gasteiger partial charge in [-0.2, -0.15) is 0 Å². The number of carbonyl (C=O) groups excluding carboxylic acids is 1. The molecule has 0 aliphatic rings. The van der Waals surface area contributed by atoms with Crippen LogP contribution >= 0.6 is 11.8 Å². The maximum atomic E-state index is 13.5. The van der Waals surface area contributed by atoms with Gasteiger partial charge in [0, 0.05) is 17.8 Å². The molecule has 1 atom stereocenters. The third-order valence-corrected chi connectivity index (χ3v) is 6.42. The third-order valence-electron chi connectivity index (χ3n) is 5.51. The van der Waals surface area contributed by atoms with E-state index >= 15 is 0 Å². The molecular weight excluding hydrogens is 437 g/mol. The van der Waals surface area contributed by atoms with Crippen molar-refractivity contribution in [2.45, 2.75) is 51.0 Å². The van der Waals surface area contributed by atoms with E-state index in [4.69, 9.17) is 0 Å². The summed E-state index contributed by atoms with van der Waals surface area (Å²) in [5.74, 6) is 0.672. The van der Waals surface area contributed by atoms with Crippen LogP contribution in [0.3, 0.4) is 0 Å². The molecule has 3 aromatic rings. The fraction of sp³-hybridized carbons (Fsp3) is 0.400. The molecule has 1 heterocycles. The number of hydrogen-bond acceptors (Lipinski definition) is 5. The van der Waals surface area contributed by atoms with Gasteiger partial charge in [-0.05, 0) is 71.6 Å². The quantitative estimate of drug-likeness (QED) is 0.437. The van der Waals surface area contributed by atoms with Crippen LogP contribution in [0.25, 0.3) is 5.69 Å². The van der Waals surface area contributed by atoms with Gasteiger partial charge in [0.05, 0.1) is 11.8 Å². The van der Waals surface area contributed by atoms with Gasteiger partial charge in [-0.15, -0.1) is 10.2 Å².